The Kier molecular flexibility index (Phi) is 5.86. The number of amides is 1. The summed E-state index contributed by atoms with van der Waals surface area (Å²) in [6.45, 7) is 4.27. The number of aromatic nitrogens is 1. The van der Waals surface area contributed by atoms with Gasteiger partial charge >= 0.3 is 0 Å². The molecule has 4 aromatic rings. The fourth-order valence-electron chi connectivity index (χ4n) is 3.06. The van der Waals surface area contributed by atoms with Gasteiger partial charge in [-0.1, -0.05) is 54.0 Å². The van der Waals surface area contributed by atoms with E-state index >= 15 is 0 Å². The molecule has 0 aliphatic rings. The standard InChI is InChI=1S/C23H18Br2N2OS/c1-13(2)14-7-9-15(10-8-14)22(28)27-21-17(11-16(24)12-18(21)25)23-26-19-5-3-4-6-20(19)29-23/h3-13H,1-2H3,(H,27,28). The molecule has 0 spiro atoms. The maximum absolute atomic E-state index is 12.9. The predicted octanol–water partition coefficient (Wildman–Crippen LogP) is 7.86. The van der Waals surface area contributed by atoms with E-state index in [2.05, 4.69) is 57.1 Å². The number of hydrogen-bond acceptors (Lipinski definition) is 3. The lowest BCUT2D eigenvalue weighted by molar-refractivity contribution is 0.102. The van der Waals surface area contributed by atoms with Crippen LogP contribution < -0.4 is 5.32 Å². The minimum absolute atomic E-state index is 0.148. The summed E-state index contributed by atoms with van der Waals surface area (Å²) in [5.41, 5.74) is 4.37. The lowest BCUT2D eigenvalue weighted by atomic mass is 10.0. The van der Waals surface area contributed by atoms with Gasteiger partial charge in [-0.15, -0.1) is 11.3 Å². The molecule has 0 aliphatic carbocycles. The summed E-state index contributed by atoms with van der Waals surface area (Å²) in [4.78, 5) is 17.7. The smallest absolute Gasteiger partial charge is 0.255 e. The number of hydrogen-bond donors (Lipinski definition) is 1. The molecule has 0 unspecified atom stereocenters. The zero-order valence-corrected chi connectivity index (χ0v) is 19.9. The number of nitrogens with one attached hydrogen (secondary N) is 1. The first-order valence-corrected chi connectivity index (χ1v) is 11.6. The van der Waals surface area contributed by atoms with Crippen molar-refractivity contribution in [3.05, 3.63) is 80.7 Å². The normalized spacial score (nSPS) is 11.2. The highest BCUT2D eigenvalue weighted by molar-refractivity contribution is 9.11. The van der Waals surface area contributed by atoms with E-state index in [-0.39, 0.29) is 5.91 Å². The van der Waals surface area contributed by atoms with E-state index < -0.39 is 0 Å². The summed E-state index contributed by atoms with van der Waals surface area (Å²) in [6.07, 6.45) is 0. The highest BCUT2D eigenvalue weighted by atomic mass is 79.9. The maximum atomic E-state index is 12.9. The fraction of sp³-hybridized carbons (Fsp3) is 0.130. The molecule has 1 N–H and O–H groups in total. The van der Waals surface area contributed by atoms with Crippen LogP contribution in [0.5, 0.6) is 0 Å². The van der Waals surface area contributed by atoms with Crippen LogP contribution in [-0.4, -0.2) is 10.9 Å². The van der Waals surface area contributed by atoms with Crippen LogP contribution in [0.25, 0.3) is 20.8 Å². The summed E-state index contributed by atoms with van der Waals surface area (Å²) < 4.78 is 2.83. The molecule has 3 nitrogen and oxygen atoms in total. The topological polar surface area (TPSA) is 42.0 Å². The van der Waals surface area contributed by atoms with E-state index in [0.717, 1.165) is 29.7 Å². The van der Waals surface area contributed by atoms with Crippen molar-refractivity contribution in [3.8, 4) is 10.6 Å². The van der Waals surface area contributed by atoms with Crippen LogP contribution in [0.15, 0.2) is 69.6 Å². The number of para-hydroxylation sites is 1. The molecule has 6 heteroatoms. The van der Waals surface area contributed by atoms with Gasteiger partial charge in [0.25, 0.3) is 5.91 Å². The fourth-order valence-corrected chi connectivity index (χ4v) is 5.37. The van der Waals surface area contributed by atoms with Crippen molar-refractivity contribution in [1.82, 2.24) is 4.98 Å². The Labute approximate surface area is 190 Å². The van der Waals surface area contributed by atoms with Gasteiger partial charge in [-0.25, -0.2) is 4.98 Å². The molecule has 0 fully saturated rings. The molecule has 0 aliphatic heterocycles. The van der Waals surface area contributed by atoms with Gasteiger partial charge in [-0.05, 0) is 63.8 Å². The van der Waals surface area contributed by atoms with Crippen molar-refractivity contribution in [2.45, 2.75) is 19.8 Å². The Bertz CT molecular complexity index is 1170. The van der Waals surface area contributed by atoms with Crippen molar-refractivity contribution in [2.75, 3.05) is 5.32 Å². The van der Waals surface area contributed by atoms with Crippen LogP contribution in [-0.2, 0) is 0 Å². The van der Waals surface area contributed by atoms with Gasteiger partial charge in [0.1, 0.15) is 5.01 Å². The van der Waals surface area contributed by atoms with Crippen molar-refractivity contribution < 1.29 is 4.79 Å². The Morgan fingerprint density at radius 3 is 2.45 bits per heavy atom. The molecule has 3 aromatic carbocycles. The number of anilines is 1. The summed E-state index contributed by atoms with van der Waals surface area (Å²) in [5, 5.41) is 3.93. The first-order valence-electron chi connectivity index (χ1n) is 9.18. The monoisotopic (exact) mass is 528 g/mol. The Balaban J connectivity index is 1.72. The molecule has 1 aromatic heterocycles. The first kappa shape index (κ1) is 20.3. The number of carbonyl (C=O) groups excluding carboxylic acids is 1. The summed E-state index contributed by atoms with van der Waals surface area (Å²) in [6, 6.07) is 19.7. The van der Waals surface area contributed by atoms with Crippen molar-refractivity contribution in [2.24, 2.45) is 0 Å². The maximum Gasteiger partial charge on any atom is 0.255 e. The summed E-state index contributed by atoms with van der Waals surface area (Å²) in [5.74, 6) is 0.282. The first-order chi connectivity index (χ1) is 13.9. The van der Waals surface area contributed by atoms with Crippen molar-refractivity contribution in [3.63, 3.8) is 0 Å². The van der Waals surface area contributed by atoms with Crippen LogP contribution in [0.3, 0.4) is 0 Å². The number of carbonyl (C=O) groups is 1. The minimum atomic E-state index is -0.148. The van der Waals surface area contributed by atoms with Gasteiger partial charge < -0.3 is 5.32 Å². The molecule has 0 bridgehead atoms. The molecule has 1 heterocycles. The lowest BCUT2D eigenvalue weighted by Gasteiger charge is -2.13. The van der Waals surface area contributed by atoms with Crippen LogP contribution in [0.2, 0.25) is 0 Å². The summed E-state index contributed by atoms with van der Waals surface area (Å²) >= 11 is 8.76. The molecular weight excluding hydrogens is 512 g/mol. The molecule has 1 amide bonds. The van der Waals surface area contributed by atoms with Gasteiger partial charge in [0.15, 0.2) is 0 Å². The number of fused-ring (bicyclic) bond motifs is 1. The Hall–Kier alpha value is -2.02. The minimum Gasteiger partial charge on any atom is -0.320 e. The van der Waals surface area contributed by atoms with Gasteiger partial charge in [-0.2, -0.15) is 0 Å². The third kappa shape index (κ3) is 4.29. The molecule has 29 heavy (non-hydrogen) atoms. The Morgan fingerprint density at radius 2 is 1.76 bits per heavy atom. The average Bonchev–Trinajstić information content (AvgIpc) is 3.13. The zero-order chi connectivity index (χ0) is 20.5. The summed E-state index contributed by atoms with van der Waals surface area (Å²) in [7, 11) is 0. The second kappa shape index (κ2) is 8.38. The molecule has 4 rings (SSSR count). The number of rotatable bonds is 4. The second-order valence-corrected chi connectivity index (χ2v) is 9.83. The SMILES string of the molecule is CC(C)c1ccc(C(=O)Nc2c(Br)cc(Br)cc2-c2nc3ccccc3s2)cc1. The van der Waals surface area contributed by atoms with Gasteiger partial charge in [0.2, 0.25) is 0 Å². The molecular formula is C23H18Br2N2OS. The van der Waals surface area contributed by atoms with E-state index in [1.54, 1.807) is 11.3 Å². The lowest BCUT2D eigenvalue weighted by Crippen LogP contribution is -2.13. The number of benzene rings is 3. The molecule has 0 saturated heterocycles. The predicted molar refractivity (Wildman–Crippen MR) is 129 cm³/mol. The molecule has 0 saturated carbocycles. The number of thiazole rings is 1. The highest BCUT2D eigenvalue weighted by Gasteiger charge is 2.17. The van der Waals surface area contributed by atoms with Crippen LogP contribution in [0.4, 0.5) is 5.69 Å². The van der Waals surface area contributed by atoms with Gasteiger partial charge in [0, 0.05) is 20.1 Å². The van der Waals surface area contributed by atoms with E-state index in [0.29, 0.717) is 17.2 Å². The quantitative estimate of drug-likeness (QED) is 0.292. The zero-order valence-electron chi connectivity index (χ0n) is 15.9. The van der Waals surface area contributed by atoms with E-state index in [9.17, 15) is 4.79 Å². The third-order valence-electron chi connectivity index (χ3n) is 4.66. The van der Waals surface area contributed by atoms with Gasteiger partial charge in [0.05, 0.1) is 15.9 Å². The largest absolute Gasteiger partial charge is 0.320 e. The second-order valence-electron chi connectivity index (χ2n) is 7.03. The molecule has 0 radical (unpaired) electrons. The molecule has 0 atom stereocenters. The third-order valence-corrected chi connectivity index (χ3v) is 6.81. The van der Waals surface area contributed by atoms with Crippen LogP contribution >= 0.6 is 43.2 Å². The number of nitrogens with zero attached hydrogens (tertiary/aromatic N) is 1. The highest BCUT2D eigenvalue weighted by Crippen LogP contribution is 2.40. The molecule has 146 valence electrons. The average molecular weight is 530 g/mol. The van der Waals surface area contributed by atoms with Gasteiger partial charge in [-0.3, -0.25) is 4.79 Å². The number of halogens is 2. The van der Waals surface area contributed by atoms with E-state index in [1.807, 2.05) is 54.6 Å². The van der Waals surface area contributed by atoms with E-state index in [4.69, 9.17) is 4.98 Å². The van der Waals surface area contributed by atoms with E-state index in [1.165, 1.54) is 5.56 Å². The van der Waals surface area contributed by atoms with Crippen molar-refractivity contribution >= 4 is 65.0 Å². The van der Waals surface area contributed by atoms with Crippen molar-refractivity contribution in [1.29, 1.82) is 0 Å². The Morgan fingerprint density at radius 1 is 1.03 bits per heavy atom. The van der Waals surface area contributed by atoms with Crippen LogP contribution in [0, 0.1) is 0 Å². The van der Waals surface area contributed by atoms with Crippen LogP contribution in [0.1, 0.15) is 35.7 Å².